The van der Waals surface area contributed by atoms with Crippen LogP contribution in [0, 0.1) is 5.41 Å². The summed E-state index contributed by atoms with van der Waals surface area (Å²) in [6.07, 6.45) is 4.89. The molecule has 1 fully saturated rings. The van der Waals surface area contributed by atoms with Gasteiger partial charge in [0.2, 0.25) is 5.91 Å². The minimum absolute atomic E-state index is 0.0225. The van der Waals surface area contributed by atoms with Crippen LogP contribution in [0.1, 0.15) is 52.9 Å². The molecule has 3 nitrogen and oxygen atoms in total. The summed E-state index contributed by atoms with van der Waals surface area (Å²) >= 11 is 0. The summed E-state index contributed by atoms with van der Waals surface area (Å²) in [5.41, 5.74) is 5.66. The van der Waals surface area contributed by atoms with Crippen LogP contribution < -0.4 is 11.1 Å². The molecular weight excluding hydrogens is 188 g/mol. The van der Waals surface area contributed by atoms with Gasteiger partial charge in [0.25, 0.3) is 0 Å². The molecule has 88 valence electrons. The zero-order valence-corrected chi connectivity index (χ0v) is 10.2. The number of primary amides is 1. The van der Waals surface area contributed by atoms with Crippen molar-refractivity contribution in [3.8, 4) is 0 Å². The van der Waals surface area contributed by atoms with Crippen LogP contribution in [0.25, 0.3) is 0 Å². The Bertz CT molecular complexity index is 238. The summed E-state index contributed by atoms with van der Waals surface area (Å²) in [7, 11) is 0. The molecule has 1 atom stereocenters. The Morgan fingerprint density at radius 1 is 1.40 bits per heavy atom. The molecule has 1 rings (SSSR count). The molecule has 1 unspecified atom stereocenters. The normalized spacial score (nSPS) is 29.3. The van der Waals surface area contributed by atoms with Gasteiger partial charge in [-0.15, -0.1) is 0 Å². The van der Waals surface area contributed by atoms with Crippen LogP contribution >= 0.6 is 0 Å². The molecule has 0 saturated heterocycles. The Morgan fingerprint density at radius 2 is 2.07 bits per heavy atom. The van der Waals surface area contributed by atoms with E-state index in [0.717, 1.165) is 25.8 Å². The van der Waals surface area contributed by atoms with Gasteiger partial charge >= 0.3 is 0 Å². The Hall–Kier alpha value is -0.570. The first-order valence-corrected chi connectivity index (χ1v) is 5.92. The van der Waals surface area contributed by atoms with E-state index in [0.29, 0.717) is 11.8 Å². The summed E-state index contributed by atoms with van der Waals surface area (Å²) in [5, 5.41) is 3.53. The van der Waals surface area contributed by atoms with Crippen molar-refractivity contribution in [1.29, 1.82) is 0 Å². The van der Waals surface area contributed by atoms with Crippen molar-refractivity contribution in [2.45, 2.75) is 58.4 Å². The summed E-state index contributed by atoms with van der Waals surface area (Å²) in [6.45, 7) is 7.65. The number of hydrogen-bond donors (Lipinski definition) is 2. The molecule has 0 bridgehead atoms. The van der Waals surface area contributed by atoms with Gasteiger partial charge in [-0.3, -0.25) is 4.79 Å². The van der Waals surface area contributed by atoms with Crippen LogP contribution in [0.3, 0.4) is 0 Å². The van der Waals surface area contributed by atoms with Crippen molar-refractivity contribution < 1.29 is 4.79 Å². The highest BCUT2D eigenvalue weighted by Crippen LogP contribution is 2.45. The lowest BCUT2D eigenvalue weighted by Gasteiger charge is -2.31. The monoisotopic (exact) mass is 212 g/mol. The van der Waals surface area contributed by atoms with Gasteiger partial charge in [0, 0.05) is 12.0 Å². The molecular formula is C12H24N2O. The standard InChI is InChI=1S/C12H24N2O/c1-4-7-14-12(8-10(13)15)6-5-11(2,3)9-12/h14H,4-9H2,1-3H3,(H2,13,15). The fraction of sp³-hybridized carbons (Fsp3) is 0.917. The molecule has 0 aromatic rings. The zero-order valence-electron chi connectivity index (χ0n) is 10.2. The largest absolute Gasteiger partial charge is 0.370 e. The Morgan fingerprint density at radius 3 is 2.47 bits per heavy atom. The van der Waals surface area contributed by atoms with Crippen molar-refractivity contribution in [1.82, 2.24) is 5.32 Å². The van der Waals surface area contributed by atoms with Crippen molar-refractivity contribution in [3.63, 3.8) is 0 Å². The molecule has 1 saturated carbocycles. The minimum atomic E-state index is -0.184. The Kier molecular flexibility index (Phi) is 3.77. The second-order valence-corrected chi connectivity index (χ2v) is 5.69. The number of nitrogens with one attached hydrogen (secondary N) is 1. The third kappa shape index (κ3) is 3.49. The van der Waals surface area contributed by atoms with Gasteiger partial charge in [0.1, 0.15) is 0 Å². The SMILES string of the molecule is CCCNC1(CC(N)=O)CCC(C)(C)C1. The van der Waals surface area contributed by atoms with Gasteiger partial charge in [-0.25, -0.2) is 0 Å². The van der Waals surface area contributed by atoms with E-state index in [9.17, 15) is 4.79 Å². The van der Waals surface area contributed by atoms with Crippen LogP contribution in [0.5, 0.6) is 0 Å². The highest BCUT2D eigenvalue weighted by Gasteiger charge is 2.43. The van der Waals surface area contributed by atoms with Crippen LogP contribution in [0.2, 0.25) is 0 Å². The van der Waals surface area contributed by atoms with E-state index in [2.05, 4.69) is 26.1 Å². The zero-order chi connectivity index (χ0) is 11.5. The van der Waals surface area contributed by atoms with E-state index in [1.165, 1.54) is 6.42 Å². The third-order valence-corrected chi connectivity index (χ3v) is 3.36. The van der Waals surface area contributed by atoms with E-state index in [-0.39, 0.29) is 11.4 Å². The fourth-order valence-corrected chi connectivity index (χ4v) is 2.76. The number of amides is 1. The number of carbonyl (C=O) groups is 1. The molecule has 1 aliphatic rings. The van der Waals surface area contributed by atoms with E-state index in [1.54, 1.807) is 0 Å². The molecule has 1 amide bonds. The number of carbonyl (C=O) groups excluding carboxylic acids is 1. The molecule has 0 spiro atoms. The van der Waals surface area contributed by atoms with Gasteiger partial charge in [-0.2, -0.15) is 0 Å². The molecule has 15 heavy (non-hydrogen) atoms. The van der Waals surface area contributed by atoms with E-state index >= 15 is 0 Å². The lowest BCUT2D eigenvalue weighted by atomic mass is 9.85. The maximum absolute atomic E-state index is 11.1. The van der Waals surface area contributed by atoms with Crippen LogP contribution in [-0.2, 0) is 4.79 Å². The smallest absolute Gasteiger partial charge is 0.219 e. The molecule has 0 aromatic carbocycles. The van der Waals surface area contributed by atoms with Crippen LogP contribution in [-0.4, -0.2) is 18.0 Å². The van der Waals surface area contributed by atoms with Gasteiger partial charge < -0.3 is 11.1 Å². The summed E-state index contributed by atoms with van der Waals surface area (Å²) < 4.78 is 0. The first-order valence-electron chi connectivity index (χ1n) is 5.92. The van der Waals surface area contributed by atoms with Crippen LogP contribution in [0.4, 0.5) is 0 Å². The van der Waals surface area contributed by atoms with Gasteiger partial charge in [-0.05, 0) is 37.6 Å². The lowest BCUT2D eigenvalue weighted by Crippen LogP contribution is -2.46. The van der Waals surface area contributed by atoms with Crippen LogP contribution in [0.15, 0.2) is 0 Å². The molecule has 0 heterocycles. The molecule has 0 aliphatic heterocycles. The summed E-state index contributed by atoms with van der Waals surface area (Å²) in [5.74, 6) is -0.184. The predicted molar refractivity (Wildman–Crippen MR) is 62.5 cm³/mol. The molecule has 3 heteroatoms. The summed E-state index contributed by atoms with van der Waals surface area (Å²) in [4.78, 5) is 11.1. The lowest BCUT2D eigenvalue weighted by molar-refractivity contribution is -0.119. The molecule has 0 aromatic heterocycles. The summed E-state index contributed by atoms with van der Waals surface area (Å²) in [6, 6.07) is 0. The first kappa shape index (κ1) is 12.5. The minimum Gasteiger partial charge on any atom is -0.370 e. The van der Waals surface area contributed by atoms with E-state index in [4.69, 9.17) is 5.73 Å². The molecule has 1 aliphatic carbocycles. The average molecular weight is 212 g/mol. The predicted octanol–water partition coefficient (Wildman–Crippen LogP) is 1.81. The van der Waals surface area contributed by atoms with Crippen molar-refractivity contribution >= 4 is 5.91 Å². The highest BCUT2D eigenvalue weighted by molar-refractivity contribution is 5.75. The quantitative estimate of drug-likeness (QED) is 0.730. The second-order valence-electron chi connectivity index (χ2n) is 5.69. The highest BCUT2D eigenvalue weighted by atomic mass is 16.1. The van der Waals surface area contributed by atoms with Gasteiger partial charge in [0.15, 0.2) is 0 Å². The topological polar surface area (TPSA) is 55.1 Å². The van der Waals surface area contributed by atoms with Gasteiger partial charge in [-0.1, -0.05) is 20.8 Å². The second kappa shape index (κ2) is 4.52. The average Bonchev–Trinajstić information content (AvgIpc) is 2.38. The maximum atomic E-state index is 11.1. The molecule has 3 N–H and O–H groups in total. The molecule has 0 radical (unpaired) electrons. The third-order valence-electron chi connectivity index (χ3n) is 3.36. The fourth-order valence-electron chi connectivity index (χ4n) is 2.76. The first-order chi connectivity index (χ1) is 6.89. The van der Waals surface area contributed by atoms with Gasteiger partial charge in [0.05, 0.1) is 0 Å². The van der Waals surface area contributed by atoms with E-state index in [1.807, 2.05) is 0 Å². The number of hydrogen-bond acceptors (Lipinski definition) is 2. The van der Waals surface area contributed by atoms with Crippen molar-refractivity contribution in [2.75, 3.05) is 6.54 Å². The maximum Gasteiger partial charge on any atom is 0.219 e. The van der Waals surface area contributed by atoms with Crippen molar-refractivity contribution in [3.05, 3.63) is 0 Å². The Balaban J connectivity index is 2.66. The number of rotatable bonds is 5. The van der Waals surface area contributed by atoms with E-state index < -0.39 is 0 Å². The van der Waals surface area contributed by atoms with Crippen molar-refractivity contribution in [2.24, 2.45) is 11.1 Å². The number of nitrogens with two attached hydrogens (primary N) is 1. The Labute approximate surface area is 92.8 Å².